The number of aromatic nitrogens is 2. The normalized spacial score (nSPS) is 24.9. The van der Waals surface area contributed by atoms with Gasteiger partial charge in [0.25, 0.3) is 10.2 Å². The molecule has 0 saturated carbocycles. The smallest absolute Gasteiger partial charge is 0.280 e. The Balaban J connectivity index is 1.44. The summed E-state index contributed by atoms with van der Waals surface area (Å²) in [5.41, 5.74) is 2.83. The van der Waals surface area contributed by atoms with Crippen LogP contribution in [0, 0.1) is 6.92 Å². The highest BCUT2D eigenvalue weighted by Crippen LogP contribution is 2.30. The van der Waals surface area contributed by atoms with Gasteiger partial charge >= 0.3 is 0 Å². The van der Waals surface area contributed by atoms with Gasteiger partial charge in [0.1, 0.15) is 6.04 Å². The zero-order valence-corrected chi connectivity index (χ0v) is 19.0. The van der Waals surface area contributed by atoms with Crippen LogP contribution in [0.5, 0.6) is 0 Å². The third-order valence-electron chi connectivity index (χ3n) is 6.21. The molecule has 2 fully saturated rings. The highest BCUT2D eigenvalue weighted by molar-refractivity contribution is 7.87. The second-order valence-electron chi connectivity index (χ2n) is 8.37. The van der Waals surface area contributed by atoms with Crippen molar-refractivity contribution < 1.29 is 13.2 Å². The lowest BCUT2D eigenvalue weighted by Crippen LogP contribution is -2.60. The fourth-order valence-electron chi connectivity index (χ4n) is 4.44. The number of piperazine rings is 1. The van der Waals surface area contributed by atoms with E-state index >= 15 is 0 Å². The average molecular weight is 447 g/mol. The first-order valence-electron chi connectivity index (χ1n) is 10.5. The highest BCUT2D eigenvalue weighted by Gasteiger charge is 2.43. The molecule has 0 radical (unpaired) electrons. The van der Waals surface area contributed by atoms with Crippen molar-refractivity contribution in [1.29, 1.82) is 0 Å². The van der Waals surface area contributed by atoms with E-state index in [1.165, 1.54) is 16.9 Å². The second-order valence-corrected chi connectivity index (χ2v) is 10.1. The molecule has 1 amide bonds. The molecular weight excluding hydrogens is 416 g/mol. The lowest BCUT2D eigenvalue weighted by atomic mass is 9.99. The van der Waals surface area contributed by atoms with E-state index in [1.807, 2.05) is 31.3 Å². The summed E-state index contributed by atoms with van der Waals surface area (Å²) in [5, 5.41) is 4.32. The molecule has 2 atom stereocenters. The van der Waals surface area contributed by atoms with E-state index in [2.05, 4.69) is 26.9 Å². The number of nitrogens with zero attached hydrogens (tertiary/aromatic N) is 5. The van der Waals surface area contributed by atoms with Crippen LogP contribution in [0.3, 0.4) is 0 Å². The number of carbonyl (C=O) groups excluding carboxylic acids is 1. The number of likely N-dealkylation sites (N-methyl/N-ethyl adjacent to an activating group) is 1. The monoisotopic (exact) mass is 446 g/mol. The Morgan fingerprint density at radius 2 is 1.81 bits per heavy atom. The number of nitrogens with one attached hydrogen (secondary N) is 1. The predicted molar refractivity (Wildman–Crippen MR) is 117 cm³/mol. The fourth-order valence-corrected chi connectivity index (χ4v) is 5.70. The number of rotatable bonds is 4. The van der Waals surface area contributed by atoms with E-state index in [-0.39, 0.29) is 5.91 Å². The van der Waals surface area contributed by atoms with Crippen LogP contribution in [-0.2, 0) is 28.6 Å². The summed E-state index contributed by atoms with van der Waals surface area (Å²) in [5.74, 6) is -0.126. The Labute approximate surface area is 183 Å². The Morgan fingerprint density at radius 1 is 1.13 bits per heavy atom. The Kier molecular flexibility index (Phi) is 6.16. The minimum absolute atomic E-state index is 0.126. The van der Waals surface area contributed by atoms with E-state index in [0.29, 0.717) is 19.5 Å². The molecule has 1 aromatic carbocycles. The maximum absolute atomic E-state index is 13.3. The molecule has 0 aliphatic carbocycles. The van der Waals surface area contributed by atoms with Gasteiger partial charge in [-0.2, -0.15) is 22.5 Å². The van der Waals surface area contributed by atoms with Crippen LogP contribution >= 0.6 is 0 Å². The van der Waals surface area contributed by atoms with Gasteiger partial charge in [-0.3, -0.25) is 14.4 Å². The van der Waals surface area contributed by atoms with Crippen molar-refractivity contribution in [3.63, 3.8) is 0 Å². The SMILES string of the molecule is Cc1nn(C)cc1C1CC(C(=O)N2CCN(Cc3ccccc3)CC2)N(C)S(=O)(=O)N1. The van der Waals surface area contributed by atoms with Gasteiger partial charge in [0.05, 0.1) is 11.7 Å². The zero-order chi connectivity index (χ0) is 22.2. The van der Waals surface area contributed by atoms with Gasteiger partial charge in [-0.1, -0.05) is 30.3 Å². The standard InChI is InChI=1S/C21H30N6O3S/c1-16-18(15-24(2)22-16)19-13-20(25(3)31(29,30)23-19)21(28)27-11-9-26(10-12-27)14-17-7-5-4-6-8-17/h4-8,15,19-20,23H,9-14H2,1-3H3. The predicted octanol–water partition coefficient (Wildman–Crippen LogP) is 0.653. The summed E-state index contributed by atoms with van der Waals surface area (Å²) < 4.78 is 31.0. The van der Waals surface area contributed by atoms with Crippen molar-refractivity contribution >= 4 is 16.1 Å². The van der Waals surface area contributed by atoms with E-state index in [0.717, 1.165) is 30.9 Å². The molecule has 9 nitrogen and oxygen atoms in total. The number of hydrogen-bond donors (Lipinski definition) is 1. The zero-order valence-electron chi connectivity index (χ0n) is 18.2. The van der Waals surface area contributed by atoms with Gasteiger partial charge < -0.3 is 4.90 Å². The first kappa shape index (κ1) is 21.9. The van der Waals surface area contributed by atoms with Crippen LogP contribution in [0.25, 0.3) is 0 Å². The van der Waals surface area contributed by atoms with Crippen LogP contribution in [0.1, 0.15) is 29.3 Å². The maximum Gasteiger partial charge on any atom is 0.280 e. The van der Waals surface area contributed by atoms with Gasteiger partial charge in [0.2, 0.25) is 5.91 Å². The topological polar surface area (TPSA) is 90.8 Å². The molecule has 4 rings (SSSR count). The molecule has 0 bridgehead atoms. The van der Waals surface area contributed by atoms with Gasteiger partial charge in [0, 0.05) is 58.6 Å². The number of aryl methyl sites for hydroxylation is 2. The Hall–Kier alpha value is -2.27. The van der Waals surface area contributed by atoms with Crippen molar-refractivity contribution in [3.05, 3.63) is 53.3 Å². The minimum atomic E-state index is -3.76. The lowest BCUT2D eigenvalue weighted by molar-refractivity contribution is -0.137. The molecule has 1 N–H and O–H groups in total. The van der Waals surface area contributed by atoms with Crippen LogP contribution < -0.4 is 4.72 Å². The molecule has 3 heterocycles. The quantitative estimate of drug-likeness (QED) is 0.745. The lowest BCUT2D eigenvalue weighted by Gasteiger charge is -2.41. The Bertz CT molecular complexity index is 1030. The number of benzene rings is 1. The second kappa shape index (κ2) is 8.70. The summed E-state index contributed by atoms with van der Waals surface area (Å²) in [7, 11) is -0.484. The van der Waals surface area contributed by atoms with E-state index in [9.17, 15) is 13.2 Å². The third kappa shape index (κ3) is 4.67. The third-order valence-corrected chi connectivity index (χ3v) is 7.81. The summed E-state index contributed by atoms with van der Waals surface area (Å²) in [6.07, 6.45) is 2.20. The molecule has 2 aromatic rings. The molecule has 2 unspecified atom stereocenters. The molecular formula is C21H30N6O3S. The summed E-state index contributed by atoms with van der Waals surface area (Å²) in [4.78, 5) is 17.5. The van der Waals surface area contributed by atoms with Gasteiger partial charge in [-0.25, -0.2) is 0 Å². The number of amides is 1. The van der Waals surface area contributed by atoms with Crippen LogP contribution in [0.2, 0.25) is 0 Å². The summed E-state index contributed by atoms with van der Waals surface area (Å²) >= 11 is 0. The Morgan fingerprint density at radius 3 is 2.42 bits per heavy atom. The first-order valence-corrected chi connectivity index (χ1v) is 12.0. The molecule has 10 heteroatoms. The number of carbonyl (C=O) groups is 1. The molecule has 1 aromatic heterocycles. The van der Waals surface area contributed by atoms with Crippen LogP contribution in [0.4, 0.5) is 0 Å². The van der Waals surface area contributed by atoms with Crippen LogP contribution in [0.15, 0.2) is 36.5 Å². The molecule has 2 aliphatic rings. The van der Waals surface area contributed by atoms with Gasteiger partial charge in [-0.05, 0) is 18.9 Å². The van der Waals surface area contributed by atoms with E-state index < -0.39 is 22.3 Å². The first-order chi connectivity index (χ1) is 14.7. The molecule has 2 aliphatic heterocycles. The van der Waals surface area contributed by atoms with E-state index in [1.54, 1.807) is 16.6 Å². The maximum atomic E-state index is 13.3. The minimum Gasteiger partial charge on any atom is -0.339 e. The highest BCUT2D eigenvalue weighted by atomic mass is 32.2. The van der Waals surface area contributed by atoms with E-state index in [4.69, 9.17) is 0 Å². The molecule has 2 saturated heterocycles. The van der Waals surface area contributed by atoms with Gasteiger partial charge in [0.15, 0.2) is 0 Å². The number of hydrogen-bond acceptors (Lipinski definition) is 5. The van der Waals surface area contributed by atoms with Gasteiger partial charge in [-0.15, -0.1) is 0 Å². The van der Waals surface area contributed by atoms with Crippen molar-refractivity contribution in [1.82, 2.24) is 28.6 Å². The van der Waals surface area contributed by atoms with Crippen molar-refractivity contribution in [2.24, 2.45) is 7.05 Å². The average Bonchev–Trinajstić information content (AvgIpc) is 3.09. The van der Waals surface area contributed by atoms with Crippen molar-refractivity contribution in [2.75, 3.05) is 33.2 Å². The van der Waals surface area contributed by atoms with Crippen LogP contribution in [-0.4, -0.2) is 77.5 Å². The van der Waals surface area contributed by atoms with Crippen molar-refractivity contribution in [2.45, 2.75) is 32.0 Å². The van der Waals surface area contributed by atoms with Crippen molar-refractivity contribution in [3.8, 4) is 0 Å². The molecule has 168 valence electrons. The largest absolute Gasteiger partial charge is 0.339 e. The summed E-state index contributed by atoms with van der Waals surface area (Å²) in [6.45, 7) is 5.44. The fraction of sp³-hybridized carbons (Fsp3) is 0.524. The summed E-state index contributed by atoms with van der Waals surface area (Å²) in [6, 6.07) is 9.08. The molecule has 0 spiro atoms. The molecule has 31 heavy (non-hydrogen) atoms.